The van der Waals surface area contributed by atoms with Crippen LogP contribution in [-0.2, 0) is 11.2 Å². The first kappa shape index (κ1) is 23.8. The van der Waals surface area contributed by atoms with Crippen LogP contribution < -0.4 is 5.43 Å². The Kier molecular flexibility index (Phi) is 6.67. The Morgan fingerprint density at radius 3 is 2.71 bits per heavy atom. The fourth-order valence-corrected chi connectivity index (χ4v) is 4.92. The van der Waals surface area contributed by atoms with E-state index in [-0.39, 0.29) is 47.2 Å². The van der Waals surface area contributed by atoms with E-state index in [1.165, 1.54) is 12.3 Å². The van der Waals surface area contributed by atoms with Gasteiger partial charge in [0.05, 0.1) is 18.2 Å². The number of nitrogens with zero attached hydrogens (tertiary/aromatic N) is 5. The van der Waals surface area contributed by atoms with Gasteiger partial charge in [0.15, 0.2) is 10.7 Å². The number of aromatic nitrogens is 3. The summed E-state index contributed by atoms with van der Waals surface area (Å²) in [4.78, 5) is 39.6. The maximum absolute atomic E-state index is 14.3. The third-order valence-corrected chi connectivity index (χ3v) is 6.75. The average Bonchev–Trinajstić information content (AvgIpc) is 3.25. The molecule has 1 aliphatic rings. The highest BCUT2D eigenvalue weighted by atomic mass is 32.1. The molecule has 1 amide bonds. The van der Waals surface area contributed by atoms with E-state index in [2.05, 4.69) is 15.4 Å². The van der Waals surface area contributed by atoms with E-state index in [4.69, 9.17) is 4.74 Å². The van der Waals surface area contributed by atoms with Crippen molar-refractivity contribution in [2.75, 3.05) is 20.3 Å². The molecule has 0 unspecified atom stereocenters. The molecule has 9 nitrogen and oxygen atoms in total. The van der Waals surface area contributed by atoms with Gasteiger partial charge in [-0.3, -0.25) is 9.59 Å². The zero-order valence-electron chi connectivity index (χ0n) is 19.2. The summed E-state index contributed by atoms with van der Waals surface area (Å²) in [6.45, 7) is 6.14. The fraction of sp³-hybridized carbons (Fsp3) is 0.391. The molecular weight excluding hydrogens is 461 g/mol. The number of rotatable bonds is 7. The van der Waals surface area contributed by atoms with Gasteiger partial charge in [0.25, 0.3) is 5.91 Å². The summed E-state index contributed by atoms with van der Waals surface area (Å²) in [6, 6.07) is 4.49. The SMILES string of the molecule is COC[C@@H]1CN(C(C)C)C(=O)c2c(N=O)c(=O)c(-c3nnc(Cc4ccc(C)cc4F)s3)cn21. The third kappa shape index (κ3) is 4.28. The first-order chi connectivity index (χ1) is 16.2. The summed E-state index contributed by atoms with van der Waals surface area (Å²) >= 11 is 1.13. The number of carbonyl (C=O) groups excluding carboxylic acids is 1. The number of hydrogen-bond acceptors (Lipinski definition) is 8. The van der Waals surface area contributed by atoms with Gasteiger partial charge >= 0.3 is 0 Å². The molecule has 1 aliphatic heterocycles. The lowest BCUT2D eigenvalue weighted by Gasteiger charge is -2.38. The number of carbonyl (C=O) groups is 1. The van der Waals surface area contributed by atoms with E-state index in [1.54, 1.807) is 29.6 Å². The van der Waals surface area contributed by atoms with Crippen molar-refractivity contribution >= 4 is 22.9 Å². The quantitative estimate of drug-likeness (QED) is 0.471. The van der Waals surface area contributed by atoms with Crippen LogP contribution in [0.4, 0.5) is 10.1 Å². The van der Waals surface area contributed by atoms with Crippen molar-refractivity contribution < 1.29 is 13.9 Å². The zero-order valence-corrected chi connectivity index (χ0v) is 20.1. The van der Waals surface area contributed by atoms with E-state index in [0.717, 1.165) is 16.9 Å². The van der Waals surface area contributed by atoms with Crippen molar-refractivity contribution in [2.45, 2.75) is 39.3 Å². The molecule has 178 valence electrons. The molecule has 0 fully saturated rings. The maximum Gasteiger partial charge on any atom is 0.273 e. The van der Waals surface area contributed by atoms with Crippen LogP contribution in [-0.4, -0.2) is 51.9 Å². The number of methoxy groups -OCH3 is 1. The van der Waals surface area contributed by atoms with Crippen LogP contribution in [0, 0.1) is 17.6 Å². The van der Waals surface area contributed by atoms with Crippen LogP contribution in [0.3, 0.4) is 0 Å². The van der Waals surface area contributed by atoms with Crippen molar-refractivity contribution in [3.8, 4) is 10.6 Å². The van der Waals surface area contributed by atoms with Crippen molar-refractivity contribution in [3.05, 3.63) is 67.2 Å². The Balaban J connectivity index is 1.79. The number of aryl methyl sites for hydroxylation is 1. The molecule has 2 aromatic heterocycles. The standard InChI is InChI=1S/C23H24FN5O4S/c1-12(2)28-9-15(11-33-4)29-10-16(21(30)19(27-32)20(29)23(28)31)22-26-25-18(34-22)8-14-6-5-13(3)7-17(14)24/h5-7,10,12,15H,8-9,11H2,1-4H3/t15-/m0/s1. The van der Waals surface area contributed by atoms with Crippen molar-refractivity contribution in [3.63, 3.8) is 0 Å². The van der Waals surface area contributed by atoms with Crippen LogP contribution in [0.25, 0.3) is 10.6 Å². The summed E-state index contributed by atoms with van der Waals surface area (Å²) in [6.07, 6.45) is 1.73. The highest BCUT2D eigenvalue weighted by molar-refractivity contribution is 7.14. The molecule has 0 saturated carbocycles. The monoisotopic (exact) mass is 485 g/mol. The van der Waals surface area contributed by atoms with Gasteiger partial charge in [0.1, 0.15) is 16.5 Å². The van der Waals surface area contributed by atoms with Crippen LogP contribution in [0.2, 0.25) is 0 Å². The van der Waals surface area contributed by atoms with Crippen molar-refractivity contribution in [1.82, 2.24) is 19.7 Å². The van der Waals surface area contributed by atoms with Gasteiger partial charge in [-0.25, -0.2) is 4.39 Å². The molecule has 0 radical (unpaired) electrons. The lowest BCUT2D eigenvalue weighted by Crippen LogP contribution is -2.48. The number of halogens is 1. The predicted octanol–water partition coefficient (Wildman–Crippen LogP) is 3.85. The van der Waals surface area contributed by atoms with Gasteiger partial charge in [-0.1, -0.05) is 23.5 Å². The van der Waals surface area contributed by atoms with Crippen molar-refractivity contribution in [2.24, 2.45) is 5.18 Å². The molecular formula is C23H24FN5O4S. The topological polar surface area (TPSA) is 107 Å². The second-order valence-corrected chi connectivity index (χ2v) is 9.56. The number of benzene rings is 1. The second kappa shape index (κ2) is 9.51. The lowest BCUT2D eigenvalue weighted by molar-refractivity contribution is 0.0519. The lowest BCUT2D eigenvalue weighted by atomic mass is 10.1. The van der Waals surface area contributed by atoms with Crippen LogP contribution in [0.15, 0.2) is 34.4 Å². The Labute approximate surface area is 199 Å². The average molecular weight is 486 g/mol. The highest BCUT2D eigenvalue weighted by Crippen LogP contribution is 2.32. The molecule has 0 saturated heterocycles. The molecule has 0 spiro atoms. The molecule has 1 atom stereocenters. The van der Waals surface area contributed by atoms with E-state index in [0.29, 0.717) is 17.1 Å². The van der Waals surface area contributed by atoms with Gasteiger partial charge < -0.3 is 14.2 Å². The van der Waals surface area contributed by atoms with Crippen molar-refractivity contribution in [1.29, 1.82) is 0 Å². The number of amides is 1. The third-order valence-electron chi connectivity index (χ3n) is 5.80. The Hall–Kier alpha value is -3.31. The molecule has 0 aliphatic carbocycles. The Morgan fingerprint density at radius 2 is 2.06 bits per heavy atom. The first-order valence-corrected chi connectivity index (χ1v) is 11.6. The van der Waals surface area contributed by atoms with Gasteiger partial charge in [-0.05, 0) is 43.1 Å². The molecule has 34 heavy (non-hydrogen) atoms. The van der Waals surface area contributed by atoms with Crippen LogP contribution in [0.5, 0.6) is 0 Å². The van der Waals surface area contributed by atoms with Crippen LogP contribution in [0.1, 0.15) is 46.5 Å². The molecule has 11 heteroatoms. The molecule has 1 aromatic carbocycles. The number of nitroso groups, excluding NO2 is 1. The van der Waals surface area contributed by atoms with E-state index < -0.39 is 17.0 Å². The Bertz CT molecular complexity index is 1320. The molecule has 3 heterocycles. The summed E-state index contributed by atoms with van der Waals surface area (Å²) < 4.78 is 21.2. The molecule has 3 aromatic rings. The van der Waals surface area contributed by atoms with E-state index >= 15 is 0 Å². The minimum atomic E-state index is -0.694. The summed E-state index contributed by atoms with van der Waals surface area (Å²) in [5.41, 5.74) is 0.170. The number of hydrogen-bond donors (Lipinski definition) is 0. The normalized spacial score (nSPS) is 15.6. The summed E-state index contributed by atoms with van der Waals surface area (Å²) in [5.74, 6) is -0.776. The molecule has 0 bridgehead atoms. The largest absolute Gasteiger partial charge is 0.382 e. The predicted molar refractivity (Wildman–Crippen MR) is 126 cm³/mol. The minimum absolute atomic E-state index is 0.0581. The maximum atomic E-state index is 14.3. The Morgan fingerprint density at radius 1 is 1.29 bits per heavy atom. The van der Waals surface area contributed by atoms with Gasteiger partial charge in [-0.15, -0.1) is 15.1 Å². The fourth-order valence-electron chi connectivity index (χ4n) is 4.05. The van der Waals surface area contributed by atoms with Gasteiger partial charge in [0, 0.05) is 32.3 Å². The van der Waals surface area contributed by atoms with E-state index in [9.17, 15) is 18.9 Å². The smallest absolute Gasteiger partial charge is 0.273 e. The number of fused-ring (bicyclic) bond motifs is 1. The second-order valence-electron chi connectivity index (χ2n) is 8.50. The molecule has 0 N–H and O–H groups in total. The zero-order chi connectivity index (χ0) is 24.6. The minimum Gasteiger partial charge on any atom is -0.382 e. The highest BCUT2D eigenvalue weighted by Gasteiger charge is 2.36. The summed E-state index contributed by atoms with van der Waals surface area (Å²) in [7, 11) is 1.54. The van der Waals surface area contributed by atoms with Gasteiger partial charge in [-0.2, -0.15) is 0 Å². The summed E-state index contributed by atoms with van der Waals surface area (Å²) in [5, 5.41) is 11.9. The van der Waals surface area contributed by atoms with Crippen LogP contribution >= 0.6 is 11.3 Å². The number of ether oxygens (including phenoxy) is 1. The van der Waals surface area contributed by atoms with Gasteiger partial charge in [0.2, 0.25) is 5.43 Å². The first-order valence-electron chi connectivity index (χ1n) is 10.7. The number of pyridine rings is 1. The molecule has 4 rings (SSSR count). The van der Waals surface area contributed by atoms with E-state index in [1.807, 2.05) is 19.9 Å².